The van der Waals surface area contributed by atoms with E-state index < -0.39 is 0 Å². The Bertz CT molecular complexity index is 434. The van der Waals surface area contributed by atoms with Crippen LogP contribution in [0, 0.1) is 11.8 Å². The first-order valence-electron chi connectivity index (χ1n) is 4.17. The lowest BCUT2D eigenvalue weighted by Crippen LogP contribution is -1.83. The molecule has 0 fully saturated rings. The average molecular weight is 304 g/mol. The molecule has 0 aliphatic rings. The van der Waals surface area contributed by atoms with E-state index in [0.717, 1.165) is 10.0 Å². The van der Waals surface area contributed by atoms with E-state index in [1.807, 2.05) is 6.07 Å². The molecule has 1 aromatic carbocycles. The summed E-state index contributed by atoms with van der Waals surface area (Å²) in [7, 11) is 0. The number of halogens is 2. The van der Waals surface area contributed by atoms with E-state index in [9.17, 15) is 4.79 Å². The maximum absolute atomic E-state index is 10.6. The van der Waals surface area contributed by atoms with Gasteiger partial charge in [0.2, 0.25) is 0 Å². The molecule has 0 aromatic heterocycles. The van der Waals surface area contributed by atoms with Gasteiger partial charge in [0, 0.05) is 22.0 Å². The summed E-state index contributed by atoms with van der Waals surface area (Å²) in [4.78, 5) is 10.6. The maximum atomic E-state index is 10.6. The quantitative estimate of drug-likeness (QED) is 0.735. The molecule has 1 aromatic rings. The molecule has 0 saturated carbocycles. The molecular weight excluding hydrogens is 296 g/mol. The van der Waals surface area contributed by atoms with Crippen LogP contribution in [0.2, 0.25) is 5.02 Å². The molecule has 0 saturated heterocycles. The van der Waals surface area contributed by atoms with Crippen LogP contribution in [0.15, 0.2) is 22.7 Å². The first-order chi connectivity index (χ1) is 7.09. The second kappa shape index (κ2) is 6.22. The molecular formula is C11H8BrClOS. The van der Waals surface area contributed by atoms with E-state index in [2.05, 4.69) is 27.8 Å². The zero-order valence-corrected chi connectivity index (χ0v) is 11.2. The van der Waals surface area contributed by atoms with Crippen molar-refractivity contribution >= 4 is 44.4 Å². The lowest BCUT2D eigenvalue weighted by Gasteiger charge is -1.95. The third kappa shape index (κ3) is 4.74. The van der Waals surface area contributed by atoms with Crippen LogP contribution in [0.1, 0.15) is 12.5 Å². The van der Waals surface area contributed by atoms with Gasteiger partial charge < -0.3 is 0 Å². The van der Waals surface area contributed by atoms with E-state index in [1.165, 1.54) is 18.7 Å². The molecule has 1 nitrogen and oxygen atoms in total. The molecule has 0 N–H and O–H groups in total. The Kier molecular flexibility index (Phi) is 5.24. The number of hydrogen-bond acceptors (Lipinski definition) is 2. The van der Waals surface area contributed by atoms with Crippen LogP contribution in [0.25, 0.3) is 0 Å². The number of benzene rings is 1. The number of thioether (sulfide) groups is 1. The summed E-state index contributed by atoms with van der Waals surface area (Å²) in [5, 5.41) is 0.733. The van der Waals surface area contributed by atoms with Gasteiger partial charge in [-0.2, -0.15) is 0 Å². The van der Waals surface area contributed by atoms with Gasteiger partial charge in [-0.3, -0.25) is 4.79 Å². The van der Waals surface area contributed by atoms with Crippen LogP contribution in [-0.4, -0.2) is 10.9 Å². The summed E-state index contributed by atoms with van der Waals surface area (Å²) in [6.45, 7) is 1.53. The van der Waals surface area contributed by atoms with Gasteiger partial charge in [0.05, 0.1) is 5.75 Å². The lowest BCUT2D eigenvalue weighted by molar-refractivity contribution is -0.109. The molecule has 0 bridgehead atoms. The summed E-state index contributed by atoms with van der Waals surface area (Å²) in [5.74, 6) is 6.37. The predicted octanol–water partition coefficient (Wildman–Crippen LogP) is 3.73. The highest BCUT2D eigenvalue weighted by atomic mass is 79.9. The number of carbonyl (C=O) groups is 1. The Morgan fingerprint density at radius 2 is 2.33 bits per heavy atom. The largest absolute Gasteiger partial charge is 0.288 e. The van der Waals surface area contributed by atoms with E-state index in [4.69, 9.17) is 11.6 Å². The molecule has 0 unspecified atom stereocenters. The predicted molar refractivity (Wildman–Crippen MR) is 69.2 cm³/mol. The van der Waals surface area contributed by atoms with Crippen LogP contribution in [0.4, 0.5) is 0 Å². The topological polar surface area (TPSA) is 17.1 Å². The summed E-state index contributed by atoms with van der Waals surface area (Å²) >= 11 is 10.4. The van der Waals surface area contributed by atoms with E-state index in [0.29, 0.717) is 10.8 Å². The molecule has 1 rings (SSSR count). The van der Waals surface area contributed by atoms with Crippen LogP contribution in [0.5, 0.6) is 0 Å². The first kappa shape index (κ1) is 12.6. The van der Waals surface area contributed by atoms with Crippen molar-refractivity contribution in [1.82, 2.24) is 0 Å². The highest BCUT2D eigenvalue weighted by molar-refractivity contribution is 9.10. The Morgan fingerprint density at radius 3 is 3.00 bits per heavy atom. The fourth-order valence-corrected chi connectivity index (χ4v) is 1.73. The average Bonchev–Trinajstić information content (AvgIpc) is 2.17. The number of carbonyl (C=O) groups excluding carboxylic acids is 1. The fraction of sp³-hybridized carbons (Fsp3) is 0.182. The Hall–Kier alpha value is -0.430. The summed E-state index contributed by atoms with van der Waals surface area (Å²) in [6.07, 6.45) is 0. The summed E-state index contributed by atoms with van der Waals surface area (Å²) in [5.41, 5.74) is 0.839. The molecule has 0 atom stereocenters. The minimum atomic E-state index is 0.0782. The van der Waals surface area contributed by atoms with E-state index in [-0.39, 0.29) is 5.12 Å². The van der Waals surface area contributed by atoms with Gasteiger partial charge in [0.25, 0.3) is 0 Å². The van der Waals surface area contributed by atoms with Gasteiger partial charge in [-0.15, -0.1) is 0 Å². The number of hydrogen-bond donors (Lipinski definition) is 0. The van der Waals surface area contributed by atoms with Crippen molar-refractivity contribution in [3.63, 3.8) is 0 Å². The highest BCUT2D eigenvalue weighted by Crippen LogP contribution is 2.20. The van der Waals surface area contributed by atoms with Crippen LogP contribution < -0.4 is 0 Å². The molecule has 0 heterocycles. The second-order valence-electron chi connectivity index (χ2n) is 2.71. The molecule has 0 spiro atoms. The Labute approximate surface area is 107 Å². The summed E-state index contributed by atoms with van der Waals surface area (Å²) < 4.78 is 0.909. The van der Waals surface area contributed by atoms with Crippen molar-refractivity contribution in [3.8, 4) is 11.8 Å². The molecule has 0 aliphatic heterocycles. The third-order valence-electron chi connectivity index (χ3n) is 1.50. The molecule has 78 valence electrons. The van der Waals surface area contributed by atoms with Gasteiger partial charge in [-0.25, -0.2) is 0 Å². The minimum absolute atomic E-state index is 0.0782. The fourth-order valence-electron chi connectivity index (χ4n) is 0.862. The van der Waals surface area contributed by atoms with E-state index >= 15 is 0 Å². The van der Waals surface area contributed by atoms with Crippen LogP contribution >= 0.6 is 39.3 Å². The number of rotatable bonds is 1. The molecule has 0 aliphatic carbocycles. The first-order valence-corrected chi connectivity index (χ1v) is 6.32. The SMILES string of the molecule is CC(=O)SCC#Cc1cc(Cl)ccc1Br. The Balaban J connectivity index is 2.71. The second-order valence-corrected chi connectivity index (χ2v) is 5.15. The molecule has 4 heteroatoms. The van der Waals surface area contributed by atoms with Crippen molar-refractivity contribution in [2.45, 2.75) is 6.92 Å². The van der Waals surface area contributed by atoms with Crippen LogP contribution in [0.3, 0.4) is 0 Å². The van der Waals surface area contributed by atoms with Crippen molar-refractivity contribution in [1.29, 1.82) is 0 Å². The smallest absolute Gasteiger partial charge is 0.186 e. The van der Waals surface area contributed by atoms with Gasteiger partial charge >= 0.3 is 0 Å². The van der Waals surface area contributed by atoms with Gasteiger partial charge in [-0.1, -0.05) is 35.2 Å². The van der Waals surface area contributed by atoms with Crippen molar-refractivity contribution in [3.05, 3.63) is 33.3 Å². The standard InChI is InChI=1S/C11H8BrClOS/c1-8(14)15-6-2-3-9-7-10(13)4-5-11(9)12/h4-5,7H,6H2,1H3. The van der Waals surface area contributed by atoms with Gasteiger partial charge in [0.15, 0.2) is 5.12 Å². The van der Waals surface area contributed by atoms with Crippen LogP contribution in [-0.2, 0) is 4.79 Å². The van der Waals surface area contributed by atoms with Crippen molar-refractivity contribution in [2.75, 3.05) is 5.75 Å². The molecule has 15 heavy (non-hydrogen) atoms. The summed E-state index contributed by atoms with van der Waals surface area (Å²) in [6, 6.07) is 5.43. The normalized spacial score (nSPS) is 9.27. The molecule has 0 radical (unpaired) electrons. The zero-order valence-electron chi connectivity index (χ0n) is 8.01. The maximum Gasteiger partial charge on any atom is 0.186 e. The van der Waals surface area contributed by atoms with Gasteiger partial charge in [0.1, 0.15) is 0 Å². The van der Waals surface area contributed by atoms with E-state index in [1.54, 1.807) is 12.1 Å². The van der Waals surface area contributed by atoms with Crippen molar-refractivity contribution < 1.29 is 4.79 Å². The lowest BCUT2D eigenvalue weighted by atomic mass is 10.2. The van der Waals surface area contributed by atoms with Crippen molar-refractivity contribution in [2.24, 2.45) is 0 Å². The highest BCUT2D eigenvalue weighted by Gasteiger charge is 1.96. The Morgan fingerprint density at radius 1 is 1.60 bits per heavy atom. The zero-order chi connectivity index (χ0) is 11.3. The van der Waals surface area contributed by atoms with Gasteiger partial charge in [-0.05, 0) is 34.1 Å². The minimum Gasteiger partial charge on any atom is -0.288 e. The third-order valence-corrected chi connectivity index (χ3v) is 3.12. The monoisotopic (exact) mass is 302 g/mol. The molecule has 0 amide bonds.